The standard InChI is InChI=1S/C20H27N3O5/c1-13-9-14(2)12-21(11-13)16-6-5-15(10-17(16)23(27)28)18(24)22-8-4-7-20(22,3)19(25)26/h5-6,10,13-14H,4,7-9,11-12H2,1-3H3,(H,25,26). The Balaban J connectivity index is 1.94. The summed E-state index contributed by atoms with van der Waals surface area (Å²) in [4.78, 5) is 39.2. The summed E-state index contributed by atoms with van der Waals surface area (Å²) in [5, 5.41) is 21.3. The molecule has 0 radical (unpaired) electrons. The predicted octanol–water partition coefficient (Wildman–Crippen LogP) is 3.16. The summed E-state index contributed by atoms with van der Waals surface area (Å²) in [6, 6.07) is 4.50. The van der Waals surface area contributed by atoms with Gasteiger partial charge in [-0.1, -0.05) is 13.8 Å². The van der Waals surface area contributed by atoms with Crippen molar-refractivity contribution < 1.29 is 19.6 Å². The molecule has 0 aromatic heterocycles. The van der Waals surface area contributed by atoms with Crippen molar-refractivity contribution in [2.45, 2.75) is 45.6 Å². The molecule has 2 aliphatic rings. The van der Waals surface area contributed by atoms with E-state index < -0.39 is 22.3 Å². The number of amides is 1. The SMILES string of the molecule is CC1CC(C)CN(c2ccc(C(=O)N3CCCC3(C)C(=O)O)cc2[N+](=O)[O-])C1. The third-order valence-corrected chi connectivity index (χ3v) is 5.98. The molecule has 3 rings (SSSR count). The maximum atomic E-state index is 13.0. The minimum Gasteiger partial charge on any atom is -0.480 e. The number of carboxylic acids is 1. The average molecular weight is 389 g/mol. The fraction of sp³-hybridized carbons (Fsp3) is 0.600. The molecule has 1 aromatic rings. The minimum atomic E-state index is -1.28. The fourth-order valence-electron chi connectivity index (χ4n) is 4.60. The van der Waals surface area contributed by atoms with Gasteiger partial charge in [0.2, 0.25) is 0 Å². The number of nitro benzene ring substituents is 1. The number of aliphatic carboxylic acids is 1. The van der Waals surface area contributed by atoms with Crippen molar-refractivity contribution in [3.63, 3.8) is 0 Å². The molecule has 1 amide bonds. The number of hydrogen-bond acceptors (Lipinski definition) is 5. The molecule has 2 saturated heterocycles. The summed E-state index contributed by atoms with van der Waals surface area (Å²) in [5.74, 6) is -0.658. The number of likely N-dealkylation sites (tertiary alicyclic amines) is 1. The van der Waals surface area contributed by atoms with Gasteiger partial charge in [0, 0.05) is 31.3 Å². The van der Waals surface area contributed by atoms with Gasteiger partial charge in [-0.3, -0.25) is 14.9 Å². The van der Waals surface area contributed by atoms with Gasteiger partial charge in [0.25, 0.3) is 11.6 Å². The average Bonchev–Trinajstić information content (AvgIpc) is 3.03. The van der Waals surface area contributed by atoms with Crippen LogP contribution >= 0.6 is 0 Å². The number of carbonyl (C=O) groups excluding carboxylic acids is 1. The quantitative estimate of drug-likeness (QED) is 0.627. The van der Waals surface area contributed by atoms with Crippen LogP contribution < -0.4 is 4.90 Å². The molecule has 2 fully saturated rings. The first-order chi connectivity index (χ1) is 13.1. The Bertz CT molecular complexity index is 801. The van der Waals surface area contributed by atoms with Crippen LogP contribution in [0.1, 0.15) is 50.4 Å². The van der Waals surface area contributed by atoms with E-state index in [0.29, 0.717) is 36.9 Å². The van der Waals surface area contributed by atoms with Crippen LogP contribution in [0.25, 0.3) is 0 Å². The molecular formula is C20H27N3O5. The van der Waals surface area contributed by atoms with Crippen LogP contribution in [0.4, 0.5) is 11.4 Å². The number of nitrogens with zero attached hydrogens (tertiary/aromatic N) is 3. The number of piperidine rings is 1. The second-order valence-corrected chi connectivity index (χ2v) is 8.45. The van der Waals surface area contributed by atoms with Crippen molar-refractivity contribution in [2.75, 3.05) is 24.5 Å². The Morgan fingerprint density at radius 2 is 1.89 bits per heavy atom. The van der Waals surface area contributed by atoms with Crippen LogP contribution in [0.2, 0.25) is 0 Å². The van der Waals surface area contributed by atoms with Gasteiger partial charge in [-0.25, -0.2) is 4.79 Å². The lowest BCUT2D eigenvalue weighted by atomic mass is 9.91. The Hall–Kier alpha value is -2.64. The molecule has 3 unspecified atom stereocenters. The predicted molar refractivity (Wildman–Crippen MR) is 105 cm³/mol. The first-order valence-corrected chi connectivity index (χ1v) is 9.72. The van der Waals surface area contributed by atoms with E-state index in [2.05, 4.69) is 13.8 Å². The third kappa shape index (κ3) is 3.55. The molecule has 28 heavy (non-hydrogen) atoms. The van der Waals surface area contributed by atoms with Crippen LogP contribution in [0, 0.1) is 22.0 Å². The number of nitro groups is 1. The van der Waals surface area contributed by atoms with E-state index >= 15 is 0 Å². The lowest BCUT2D eigenvalue weighted by Gasteiger charge is -2.36. The molecule has 152 valence electrons. The number of anilines is 1. The molecule has 0 spiro atoms. The van der Waals surface area contributed by atoms with Crippen LogP contribution in [0.3, 0.4) is 0 Å². The molecule has 1 aromatic carbocycles. The topological polar surface area (TPSA) is 104 Å². The van der Waals surface area contributed by atoms with Crippen LogP contribution in [0.15, 0.2) is 18.2 Å². The zero-order chi connectivity index (χ0) is 20.6. The largest absolute Gasteiger partial charge is 0.480 e. The second kappa shape index (κ2) is 7.41. The van der Waals surface area contributed by atoms with Gasteiger partial charge in [-0.05, 0) is 50.2 Å². The lowest BCUT2D eigenvalue weighted by molar-refractivity contribution is -0.384. The molecule has 0 saturated carbocycles. The number of benzene rings is 1. The fourth-order valence-corrected chi connectivity index (χ4v) is 4.60. The second-order valence-electron chi connectivity index (χ2n) is 8.45. The highest BCUT2D eigenvalue weighted by molar-refractivity contribution is 5.99. The zero-order valence-electron chi connectivity index (χ0n) is 16.6. The van der Waals surface area contributed by atoms with E-state index in [4.69, 9.17) is 0 Å². The normalized spacial score (nSPS) is 27.7. The van der Waals surface area contributed by atoms with Crippen LogP contribution in [-0.4, -0.2) is 52.0 Å². The van der Waals surface area contributed by atoms with Crippen molar-refractivity contribution >= 4 is 23.3 Å². The zero-order valence-corrected chi connectivity index (χ0v) is 16.6. The highest BCUT2D eigenvalue weighted by atomic mass is 16.6. The van der Waals surface area contributed by atoms with E-state index in [1.807, 2.05) is 4.90 Å². The van der Waals surface area contributed by atoms with Crippen molar-refractivity contribution in [2.24, 2.45) is 11.8 Å². The molecule has 3 atom stereocenters. The molecule has 8 nitrogen and oxygen atoms in total. The summed E-state index contributed by atoms with van der Waals surface area (Å²) in [6.07, 6.45) is 2.06. The van der Waals surface area contributed by atoms with Gasteiger partial charge >= 0.3 is 5.97 Å². The highest BCUT2D eigenvalue weighted by Crippen LogP contribution is 2.36. The minimum absolute atomic E-state index is 0.108. The third-order valence-electron chi connectivity index (χ3n) is 5.98. The van der Waals surface area contributed by atoms with Gasteiger partial charge in [0.05, 0.1) is 4.92 Å². The first kappa shape index (κ1) is 20.1. The van der Waals surface area contributed by atoms with Gasteiger partial charge < -0.3 is 14.9 Å². The summed E-state index contributed by atoms with van der Waals surface area (Å²) in [5.41, 5.74) is -0.712. The summed E-state index contributed by atoms with van der Waals surface area (Å²) in [7, 11) is 0. The number of carboxylic acid groups (broad SMARTS) is 1. The van der Waals surface area contributed by atoms with Gasteiger partial charge in [-0.15, -0.1) is 0 Å². The van der Waals surface area contributed by atoms with Crippen LogP contribution in [-0.2, 0) is 4.79 Å². The molecule has 1 N–H and O–H groups in total. The van der Waals surface area contributed by atoms with E-state index in [0.717, 1.165) is 19.5 Å². The van der Waals surface area contributed by atoms with Gasteiger partial charge in [0.1, 0.15) is 11.2 Å². The monoisotopic (exact) mass is 389 g/mol. The molecule has 2 aliphatic heterocycles. The summed E-state index contributed by atoms with van der Waals surface area (Å²) >= 11 is 0. The maximum absolute atomic E-state index is 13.0. The molecule has 0 bridgehead atoms. The lowest BCUT2D eigenvalue weighted by Crippen LogP contribution is -2.50. The molecule has 2 heterocycles. The number of rotatable bonds is 4. The van der Waals surface area contributed by atoms with E-state index in [-0.39, 0.29) is 11.3 Å². The van der Waals surface area contributed by atoms with Gasteiger partial charge in [0.15, 0.2) is 0 Å². The molecule has 0 aliphatic carbocycles. The Labute approximate surface area is 164 Å². The molecular weight excluding hydrogens is 362 g/mol. The van der Waals surface area contributed by atoms with Crippen molar-refractivity contribution in [3.8, 4) is 0 Å². The Morgan fingerprint density at radius 3 is 2.46 bits per heavy atom. The van der Waals surface area contributed by atoms with E-state index in [1.165, 1.54) is 17.9 Å². The Kier molecular flexibility index (Phi) is 5.32. The van der Waals surface area contributed by atoms with Crippen LogP contribution in [0.5, 0.6) is 0 Å². The number of hydrogen-bond donors (Lipinski definition) is 1. The number of carbonyl (C=O) groups is 2. The molecule has 8 heteroatoms. The summed E-state index contributed by atoms with van der Waals surface area (Å²) in [6.45, 7) is 7.60. The first-order valence-electron chi connectivity index (χ1n) is 9.72. The van der Waals surface area contributed by atoms with Gasteiger partial charge in [-0.2, -0.15) is 0 Å². The summed E-state index contributed by atoms with van der Waals surface area (Å²) < 4.78 is 0. The van der Waals surface area contributed by atoms with Crippen molar-refractivity contribution in [3.05, 3.63) is 33.9 Å². The highest BCUT2D eigenvalue weighted by Gasteiger charge is 2.46. The van der Waals surface area contributed by atoms with Crippen molar-refractivity contribution in [1.82, 2.24) is 4.90 Å². The van der Waals surface area contributed by atoms with E-state index in [9.17, 15) is 24.8 Å². The smallest absolute Gasteiger partial charge is 0.329 e. The Morgan fingerprint density at radius 1 is 1.25 bits per heavy atom. The maximum Gasteiger partial charge on any atom is 0.329 e. The van der Waals surface area contributed by atoms with E-state index in [1.54, 1.807) is 12.1 Å². The van der Waals surface area contributed by atoms with Crippen molar-refractivity contribution in [1.29, 1.82) is 0 Å².